The minimum atomic E-state index is 0.728. The average Bonchev–Trinajstić information content (AvgIpc) is 2.47. The predicted molar refractivity (Wildman–Crippen MR) is 55.2 cm³/mol. The number of nitrogens with zero attached hydrogens (tertiary/aromatic N) is 1. The number of hydrogen-bond acceptors (Lipinski definition) is 1. The van der Waals surface area contributed by atoms with Gasteiger partial charge in [-0.3, -0.25) is 5.10 Å². The number of aryl methyl sites for hydroxylation is 2. The number of halogens is 1. The summed E-state index contributed by atoms with van der Waals surface area (Å²) in [6.45, 7) is 4.14. The second kappa shape index (κ2) is 3.04. The molecule has 13 heavy (non-hydrogen) atoms. The lowest BCUT2D eigenvalue weighted by molar-refractivity contribution is 0.988. The molecular weight excluding hydrogens is 184 g/mol. The van der Waals surface area contributed by atoms with Crippen LogP contribution in [0.5, 0.6) is 0 Å². The van der Waals surface area contributed by atoms with Crippen molar-refractivity contribution >= 4 is 22.5 Å². The molecule has 1 heterocycles. The Morgan fingerprint density at radius 1 is 1.46 bits per heavy atom. The van der Waals surface area contributed by atoms with Gasteiger partial charge in [-0.05, 0) is 31.0 Å². The maximum atomic E-state index is 6.05. The Morgan fingerprint density at radius 2 is 2.23 bits per heavy atom. The molecule has 0 amide bonds. The van der Waals surface area contributed by atoms with Gasteiger partial charge in [0.25, 0.3) is 0 Å². The van der Waals surface area contributed by atoms with E-state index in [1.165, 1.54) is 5.56 Å². The zero-order valence-electron chi connectivity index (χ0n) is 7.69. The number of benzene rings is 1. The summed E-state index contributed by atoms with van der Waals surface area (Å²) >= 11 is 6.05. The molecule has 0 atom stereocenters. The topological polar surface area (TPSA) is 28.7 Å². The first-order valence-corrected chi connectivity index (χ1v) is 4.73. The number of H-pyrrole nitrogens is 1. The fourth-order valence-electron chi connectivity index (χ4n) is 1.53. The smallest absolute Gasteiger partial charge is 0.111 e. The van der Waals surface area contributed by atoms with Gasteiger partial charge in [-0.15, -0.1) is 0 Å². The van der Waals surface area contributed by atoms with Gasteiger partial charge in [0.15, 0.2) is 0 Å². The van der Waals surface area contributed by atoms with E-state index < -0.39 is 0 Å². The van der Waals surface area contributed by atoms with Crippen molar-refractivity contribution in [3.8, 4) is 0 Å². The standard InChI is InChI=1S/C10H11ClN2/c1-3-9-7-4-6(2)5-8(11)10(7)13-12-9/h4-5H,3H2,1-2H3,(H,12,13). The molecule has 2 nitrogen and oxygen atoms in total. The second-order valence-electron chi connectivity index (χ2n) is 3.20. The molecule has 1 aromatic carbocycles. The number of aromatic nitrogens is 2. The second-order valence-corrected chi connectivity index (χ2v) is 3.61. The number of hydrogen-bond donors (Lipinski definition) is 1. The first-order chi connectivity index (χ1) is 6.22. The molecule has 1 N–H and O–H groups in total. The molecule has 2 aromatic rings. The van der Waals surface area contributed by atoms with E-state index in [0.29, 0.717) is 0 Å². The maximum absolute atomic E-state index is 6.05. The molecule has 2 rings (SSSR count). The van der Waals surface area contributed by atoms with E-state index in [2.05, 4.69) is 23.2 Å². The summed E-state index contributed by atoms with van der Waals surface area (Å²) in [6, 6.07) is 4.05. The highest BCUT2D eigenvalue weighted by Crippen LogP contribution is 2.25. The summed E-state index contributed by atoms with van der Waals surface area (Å²) in [5, 5.41) is 9.04. The zero-order chi connectivity index (χ0) is 9.42. The van der Waals surface area contributed by atoms with E-state index in [1.807, 2.05) is 13.0 Å². The lowest BCUT2D eigenvalue weighted by Crippen LogP contribution is -1.80. The van der Waals surface area contributed by atoms with Crippen LogP contribution in [0.2, 0.25) is 5.02 Å². The van der Waals surface area contributed by atoms with Crippen LogP contribution in [0.25, 0.3) is 10.9 Å². The van der Waals surface area contributed by atoms with E-state index in [1.54, 1.807) is 0 Å². The third-order valence-electron chi connectivity index (χ3n) is 2.19. The lowest BCUT2D eigenvalue weighted by Gasteiger charge is -1.96. The molecule has 3 heteroatoms. The van der Waals surface area contributed by atoms with Crippen molar-refractivity contribution in [1.82, 2.24) is 10.2 Å². The summed E-state index contributed by atoms with van der Waals surface area (Å²) in [4.78, 5) is 0. The Hall–Kier alpha value is -1.02. The number of nitrogens with one attached hydrogen (secondary N) is 1. The van der Waals surface area contributed by atoms with Gasteiger partial charge in [0.05, 0.1) is 5.02 Å². The molecule has 0 bridgehead atoms. The fourth-order valence-corrected chi connectivity index (χ4v) is 1.85. The molecule has 0 unspecified atom stereocenters. The van der Waals surface area contributed by atoms with E-state index in [9.17, 15) is 0 Å². The van der Waals surface area contributed by atoms with Crippen molar-refractivity contribution in [2.75, 3.05) is 0 Å². The molecule has 0 saturated carbocycles. The number of rotatable bonds is 1. The summed E-state index contributed by atoms with van der Waals surface area (Å²) in [5.74, 6) is 0. The predicted octanol–water partition coefficient (Wildman–Crippen LogP) is 3.09. The van der Waals surface area contributed by atoms with Crippen molar-refractivity contribution in [3.05, 3.63) is 28.4 Å². The Morgan fingerprint density at radius 3 is 2.92 bits per heavy atom. The Kier molecular flexibility index (Phi) is 2.00. The third kappa shape index (κ3) is 1.31. The number of aromatic amines is 1. The quantitative estimate of drug-likeness (QED) is 0.743. The summed E-state index contributed by atoms with van der Waals surface area (Å²) in [5.41, 5.74) is 3.21. The van der Waals surface area contributed by atoms with Gasteiger partial charge in [0.1, 0.15) is 5.52 Å². The van der Waals surface area contributed by atoms with Crippen LogP contribution in [0.1, 0.15) is 18.2 Å². The van der Waals surface area contributed by atoms with Gasteiger partial charge < -0.3 is 0 Å². The van der Waals surface area contributed by atoms with Gasteiger partial charge in [0.2, 0.25) is 0 Å². The van der Waals surface area contributed by atoms with Crippen molar-refractivity contribution in [2.24, 2.45) is 0 Å². The summed E-state index contributed by atoms with van der Waals surface area (Å²) in [6.07, 6.45) is 0.955. The SMILES string of the molecule is CCc1[nH]nc2c(Cl)cc(C)cc12. The third-order valence-corrected chi connectivity index (χ3v) is 2.48. The average molecular weight is 195 g/mol. The molecule has 0 fully saturated rings. The molecule has 1 aromatic heterocycles. The van der Waals surface area contributed by atoms with Gasteiger partial charge in [-0.2, -0.15) is 5.10 Å². The van der Waals surface area contributed by atoms with Crippen molar-refractivity contribution in [3.63, 3.8) is 0 Å². The van der Waals surface area contributed by atoms with E-state index in [-0.39, 0.29) is 0 Å². The molecule has 0 saturated heterocycles. The van der Waals surface area contributed by atoms with Gasteiger partial charge in [-0.1, -0.05) is 18.5 Å². The first kappa shape index (κ1) is 8.57. The highest BCUT2D eigenvalue weighted by Gasteiger charge is 2.07. The van der Waals surface area contributed by atoms with Gasteiger partial charge >= 0.3 is 0 Å². The molecule has 0 aliphatic rings. The molecule has 0 aliphatic heterocycles. The fraction of sp³-hybridized carbons (Fsp3) is 0.300. The maximum Gasteiger partial charge on any atom is 0.111 e. The van der Waals surface area contributed by atoms with E-state index in [0.717, 1.165) is 28.0 Å². The van der Waals surface area contributed by atoms with E-state index in [4.69, 9.17) is 11.6 Å². The molecule has 0 aliphatic carbocycles. The normalized spacial score (nSPS) is 11.0. The Labute approximate surface area is 81.9 Å². The van der Waals surface area contributed by atoms with Crippen LogP contribution in [0, 0.1) is 6.92 Å². The summed E-state index contributed by atoms with van der Waals surface area (Å²) in [7, 11) is 0. The lowest BCUT2D eigenvalue weighted by atomic mass is 10.1. The minimum Gasteiger partial charge on any atom is -0.281 e. The Bertz CT molecular complexity index is 445. The number of fused-ring (bicyclic) bond motifs is 1. The van der Waals surface area contributed by atoms with E-state index >= 15 is 0 Å². The molecular formula is C10H11ClN2. The van der Waals surface area contributed by atoms with Gasteiger partial charge in [0, 0.05) is 11.1 Å². The molecule has 0 spiro atoms. The largest absolute Gasteiger partial charge is 0.281 e. The highest BCUT2D eigenvalue weighted by atomic mass is 35.5. The van der Waals surface area contributed by atoms with Crippen molar-refractivity contribution in [2.45, 2.75) is 20.3 Å². The Balaban J connectivity index is 2.82. The van der Waals surface area contributed by atoms with Crippen LogP contribution in [-0.2, 0) is 6.42 Å². The van der Waals surface area contributed by atoms with Crippen LogP contribution in [-0.4, -0.2) is 10.2 Å². The zero-order valence-corrected chi connectivity index (χ0v) is 8.44. The van der Waals surface area contributed by atoms with Gasteiger partial charge in [-0.25, -0.2) is 0 Å². The molecule has 68 valence electrons. The van der Waals surface area contributed by atoms with Crippen molar-refractivity contribution in [1.29, 1.82) is 0 Å². The van der Waals surface area contributed by atoms with Crippen LogP contribution in [0.3, 0.4) is 0 Å². The highest BCUT2D eigenvalue weighted by molar-refractivity contribution is 6.35. The first-order valence-electron chi connectivity index (χ1n) is 4.35. The van der Waals surface area contributed by atoms with Crippen molar-refractivity contribution < 1.29 is 0 Å². The minimum absolute atomic E-state index is 0.728. The summed E-state index contributed by atoms with van der Waals surface area (Å²) < 4.78 is 0. The monoisotopic (exact) mass is 194 g/mol. The van der Waals surface area contributed by atoms with Crippen LogP contribution >= 0.6 is 11.6 Å². The van der Waals surface area contributed by atoms with Crippen LogP contribution < -0.4 is 0 Å². The van der Waals surface area contributed by atoms with Crippen LogP contribution in [0.15, 0.2) is 12.1 Å². The van der Waals surface area contributed by atoms with Crippen LogP contribution in [0.4, 0.5) is 0 Å². The molecule has 0 radical (unpaired) electrons.